The highest BCUT2D eigenvalue weighted by Gasteiger charge is 2.09. The van der Waals surface area contributed by atoms with Crippen molar-refractivity contribution in [3.05, 3.63) is 64.9 Å². The third kappa shape index (κ3) is 3.80. The summed E-state index contributed by atoms with van der Waals surface area (Å²) in [5, 5.41) is 0.513. The van der Waals surface area contributed by atoms with Crippen molar-refractivity contribution in [1.82, 2.24) is 15.8 Å². The lowest BCUT2D eigenvalue weighted by Gasteiger charge is -2.07. The van der Waals surface area contributed by atoms with Crippen molar-refractivity contribution >= 4 is 23.4 Å². The first kappa shape index (κ1) is 14.0. The summed E-state index contributed by atoms with van der Waals surface area (Å²) in [5.41, 5.74) is 5.53. The minimum atomic E-state index is -0.474. The summed E-state index contributed by atoms with van der Waals surface area (Å²) < 4.78 is 0. The van der Waals surface area contributed by atoms with Gasteiger partial charge < -0.3 is 0 Å². The maximum atomic E-state index is 11.7. The number of amides is 2. The first-order valence-electron chi connectivity index (χ1n) is 5.90. The van der Waals surface area contributed by atoms with Crippen LogP contribution in [0.5, 0.6) is 0 Å². The Morgan fingerprint density at radius 1 is 1.05 bits per heavy atom. The molecule has 0 radical (unpaired) electrons. The molecular weight excluding hydrogens is 278 g/mol. The Balaban J connectivity index is 1.87. The van der Waals surface area contributed by atoms with Crippen LogP contribution in [-0.4, -0.2) is 16.8 Å². The first-order chi connectivity index (χ1) is 9.66. The number of rotatable bonds is 3. The Kier molecular flexibility index (Phi) is 4.68. The molecule has 0 saturated heterocycles. The van der Waals surface area contributed by atoms with Crippen molar-refractivity contribution in [2.45, 2.75) is 6.42 Å². The van der Waals surface area contributed by atoms with Gasteiger partial charge in [0, 0.05) is 11.2 Å². The van der Waals surface area contributed by atoms with Crippen molar-refractivity contribution in [3.63, 3.8) is 0 Å². The van der Waals surface area contributed by atoms with Gasteiger partial charge in [0.25, 0.3) is 5.91 Å². The van der Waals surface area contributed by atoms with Gasteiger partial charge in [-0.25, -0.2) is 0 Å². The van der Waals surface area contributed by atoms with E-state index in [4.69, 9.17) is 11.6 Å². The molecule has 0 spiro atoms. The molecule has 2 aromatic rings. The van der Waals surface area contributed by atoms with Crippen LogP contribution >= 0.6 is 11.6 Å². The summed E-state index contributed by atoms with van der Waals surface area (Å²) in [6, 6.07) is 12.0. The fourth-order valence-electron chi connectivity index (χ4n) is 1.55. The largest absolute Gasteiger partial charge is 0.288 e. The maximum Gasteiger partial charge on any atom is 0.288 e. The van der Waals surface area contributed by atoms with Crippen LogP contribution in [0.4, 0.5) is 0 Å². The number of hydrazine groups is 1. The van der Waals surface area contributed by atoms with Gasteiger partial charge in [-0.15, -0.1) is 0 Å². The number of nitrogens with zero attached hydrogens (tertiary/aromatic N) is 1. The average Bonchev–Trinajstić information content (AvgIpc) is 2.48. The van der Waals surface area contributed by atoms with Crippen molar-refractivity contribution in [1.29, 1.82) is 0 Å². The first-order valence-corrected chi connectivity index (χ1v) is 6.28. The quantitative estimate of drug-likeness (QED) is 0.846. The summed E-state index contributed by atoms with van der Waals surface area (Å²) in [6.45, 7) is 0. The van der Waals surface area contributed by atoms with Crippen LogP contribution in [0, 0.1) is 0 Å². The second-order valence-corrected chi connectivity index (χ2v) is 4.39. The molecule has 0 unspecified atom stereocenters. The molecule has 0 aliphatic rings. The van der Waals surface area contributed by atoms with Crippen LogP contribution < -0.4 is 10.9 Å². The molecule has 0 fully saturated rings. The normalized spacial score (nSPS) is 9.85. The zero-order valence-electron chi connectivity index (χ0n) is 10.5. The monoisotopic (exact) mass is 289 g/mol. The number of hydrogen-bond acceptors (Lipinski definition) is 3. The summed E-state index contributed by atoms with van der Waals surface area (Å²) in [5.74, 6) is -0.833. The molecule has 102 valence electrons. The molecule has 1 heterocycles. The number of benzene rings is 1. The molecule has 2 N–H and O–H groups in total. The van der Waals surface area contributed by atoms with E-state index < -0.39 is 5.91 Å². The predicted molar refractivity (Wildman–Crippen MR) is 75.0 cm³/mol. The van der Waals surface area contributed by atoms with Gasteiger partial charge in [-0.1, -0.05) is 35.9 Å². The van der Waals surface area contributed by atoms with Gasteiger partial charge >= 0.3 is 0 Å². The molecule has 0 atom stereocenters. The number of carbonyl (C=O) groups excluding carboxylic acids is 2. The van der Waals surface area contributed by atoms with Gasteiger partial charge in [0.2, 0.25) is 5.91 Å². The standard InChI is InChI=1S/C14H12ClN3O2/c15-11-6-2-1-5-10(11)9-13(19)17-18-14(20)12-7-3-4-8-16-12/h1-8H,9H2,(H,17,19)(H,18,20). The molecule has 2 amide bonds. The Morgan fingerprint density at radius 3 is 2.50 bits per heavy atom. The van der Waals surface area contributed by atoms with Gasteiger partial charge in [0.05, 0.1) is 6.42 Å². The van der Waals surface area contributed by atoms with Crippen molar-refractivity contribution in [2.24, 2.45) is 0 Å². The highest BCUT2D eigenvalue weighted by Crippen LogP contribution is 2.14. The summed E-state index contributed by atoms with van der Waals surface area (Å²) in [4.78, 5) is 27.2. The SMILES string of the molecule is O=C(Cc1ccccc1Cl)NNC(=O)c1ccccn1. The molecule has 5 nitrogen and oxygen atoms in total. The summed E-state index contributed by atoms with van der Waals surface area (Å²) in [7, 11) is 0. The van der Waals surface area contributed by atoms with E-state index in [1.54, 1.807) is 42.5 Å². The second kappa shape index (κ2) is 6.68. The van der Waals surface area contributed by atoms with Crippen LogP contribution in [-0.2, 0) is 11.2 Å². The minimum Gasteiger partial charge on any atom is -0.273 e. The number of halogens is 1. The van der Waals surface area contributed by atoms with E-state index in [1.165, 1.54) is 6.20 Å². The fourth-order valence-corrected chi connectivity index (χ4v) is 1.75. The number of pyridine rings is 1. The van der Waals surface area contributed by atoms with Gasteiger partial charge in [0.1, 0.15) is 5.69 Å². The van der Waals surface area contributed by atoms with Crippen LogP contribution in [0.25, 0.3) is 0 Å². The Hall–Kier alpha value is -2.40. The lowest BCUT2D eigenvalue weighted by Crippen LogP contribution is -2.42. The third-order valence-corrected chi connectivity index (χ3v) is 2.89. The fraction of sp³-hybridized carbons (Fsp3) is 0.0714. The predicted octanol–water partition coefficient (Wildman–Crippen LogP) is 1.74. The molecule has 1 aromatic heterocycles. The number of aromatic nitrogens is 1. The third-order valence-electron chi connectivity index (χ3n) is 2.52. The van der Waals surface area contributed by atoms with Gasteiger partial charge in [-0.05, 0) is 23.8 Å². The summed E-state index contributed by atoms with van der Waals surface area (Å²) >= 11 is 5.95. The Bertz CT molecular complexity index is 617. The Labute approximate surface area is 120 Å². The molecule has 2 rings (SSSR count). The van der Waals surface area contributed by atoms with Crippen LogP contribution in [0.15, 0.2) is 48.7 Å². The van der Waals surface area contributed by atoms with E-state index in [1.807, 2.05) is 0 Å². The lowest BCUT2D eigenvalue weighted by molar-refractivity contribution is -0.121. The molecule has 0 aliphatic carbocycles. The number of carbonyl (C=O) groups is 2. The molecule has 1 aromatic carbocycles. The zero-order valence-corrected chi connectivity index (χ0v) is 11.2. The molecule has 0 bridgehead atoms. The van der Waals surface area contributed by atoms with E-state index in [0.29, 0.717) is 10.6 Å². The van der Waals surface area contributed by atoms with Crippen molar-refractivity contribution in [2.75, 3.05) is 0 Å². The Morgan fingerprint density at radius 2 is 1.80 bits per heavy atom. The van der Waals surface area contributed by atoms with Gasteiger partial charge in [0.15, 0.2) is 0 Å². The second-order valence-electron chi connectivity index (χ2n) is 3.99. The topological polar surface area (TPSA) is 71.1 Å². The highest BCUT2D eigenvalue weighted by molar-refractivity contribution is 6.31. The number of nitrogens with one attached hydrogen (secondary N) is 2. The van der Waals surface area contributed by atoms with Crippen molar-refractivity contribution in [3.8, 4) is 0 Å². The molecular formula is C14H12ClN3O2. The molecule has 20 heavy (non-hydrogen) atoms. The van der Waals surface area contributed by atoms with Gasteiger partial charge in [-0.2, -0.15) is 0 Å². The van der Waals surface area contributed by atoms with E-state index in [2.05, 4.69) is 15.8 Å². The number of hydrogen-bond donors (Lipinski definition) is 2. The summed E-state index contributed by atoms with van der Waals surface area (Å²) in [6.07, 6.45) is 1.59. The van der Waals surface area contributed by atoms with Crippen LogP contribution in [0.2, 0.25) is 5.02 Å². The highest BCUT2D eigenvalue weighted by atomic mass is 35.5. The van der Waals surface area contributed by atoms with Crippen molar-refractivity contribution < 1.29 is 9.59 Å². The van der Waals surface area contributed by atoms with E-state index in [0.717, 1.165) is 0 Å². The zero-order chi connectivity index (χ0) is 14.4. The lowest BCUT2D eigenvalue weighted by atomic mass is 10.1. The van der Waals surface area contributed by atoms with E-state index >= 15 is 0 Å². The maximum absolute atomic E-state index is 11.7. The smallest absolute Gasteiger partial charge is 0.273 e. The van der Waals surface area contributed by atoms with E-state index in [9.17, 15) is 9.59 Å². The molecule has 6 heteroatoms. The molecule has 0 aliphatic heterocycles. The van der Waals surface area contributed by atoms with E-state index in [-0.39, 0.29) is 18.0 Å². The molecule has 0 saturated carbocycles. The van der Waals surface area contributed by atoms with Crippen LogP contribution in [0.3, 0.4) is 0 Å². The minimum absolute atomic E-state index is 0.0855. The average molecular weight is 290 g/mol. The van der Waals surface area contributed by atoms with Gasteiger partial charge in [-0.3, -0.25) is 25.4 Å². The van der Waals surface area contributed by atoms with Crippen LogP contribution in [0.1, 0.15) is 16.1 Å².